The van der Waals surface area contributed by atoms with Crippen LogP contribution >= 0.6 is 12.9 Å². The van der Waals surface area contributed by atoms with Gasteiger partial charge in [0.2, 0.25) is 0 Å². The van der Waals surface area contributed by atoms with Gasteiger partial charge in [-0.1, -0.05) is 52.0 Å². The lowest BCUT2D eigenvalue weighted by atomic mass is 10.1. The molecule has 1 atom stereocenters. The van der Waals surface area contributed by atoms with Crippen molar-refractivity contribution in [3.8, 4) is 0 Å². The standard InChI is InChI=1S/C10H21NO2.C3H4O2S/c1-2-3-4-5-6-7-8-9(11)10(12)13;1-2-3(4)5-6/h9H,2-8,11H2,1H3,(H,12,13);2,6H,1H2. The van der Waals surface area contributed by atoms with E-state index in [9.17, 15) is 9.59 Å². The molecule has 0 radical (unpaired) electrons. The fourth-order valence-corrected chi connectivity index (χ4v) is 1.38. The first-order chi connectivity index (χ1) is 8.99. The summed E-state index contributed by atoms with van der Waals surface area (Å²) in [5.41, 5.74) is 5.36. The molecular weight excluding hydrogens is 266 g/mol. The molecule has 1 unspecified atom stereocenters. The molecule has 0 aromatic rings. The molecule has 0 saturated heterocycles. The van der Waals surface area contributed by atoms with Crippen LogP contribution in [0.4, 0.5) is 0 Å². The largest absolute Gasteiger partial charge is 0.480 e. The van der Waals surface area contributed by atoms with Gasteiger partial charge in [-0.25, -0.2) is 4.79 Å². The van der Waals surface area contributed by atoms with E-state index < -0.39 is 18.0 Å². The SMILES string of the molecule is C=CC(=O)OS.CCCCCCCCC(N)C(=O)O. The number of carbonyl (C=O) groups excluding carboxylic acids is 1. The van der Waals surface area contributed by atoms with Gasteiger partial charge < -0.3 is 15.0 Å². The second kappa shape index (κ2) is 15.0. The molecule has 0 heterocycles. The van der Waals surface area contributed by atoms with Gasteiger partial charge >= 0.3 is 11.9 Å². The van der Waals surface area contributed by atoms with Crippen molar-refractivity contribution in [1.29, 1.82) is 0 Å². The molecule has 0 aromatic carbocycles. The topological polar surface area (TPSA) is 89.6 Å². The highest BCUT2D eigenvalue weighted by molar-refractivity contribution is 7.75. The molecule has 0 bridgehead atoms. The lowest BCUT2D eigenvalue weighted by Gasteiger charge is -2.05. The molecule has 0 amide bonds. The van der Waals surface area contributed by atoms with Crippen molar-refractivity contribution in [2.75, 3.05) is 0 Å². The molecule has 0 aliphatic carbocycles. The van der Waals surface area contributed by atoms with Crippen molar-refractivity contribution >= 4 is 24.8 Å². The Kier molecular flexibility index (Phi) is 16.1. The minimum absolute atomic E-state index is 0.529. The number of hydrogen-bond acceptors (Lipinski definition) is 5. The molecule has 0 spiro atoms. The van der Waals surface area contributed by atoms with Crippen LogP contribution in [-0.2, 0) is 13.8 Å². The first-order valence-corrected chi connectivity index (χ1v) is 6.82. The van der Waals surface area contributed by atoms with E-state index >= 15 is 0 Å². The number of carboxylic acids is 1. The average Bonchev–Trinajstić information content (AvgIpc) is 2.42. The summed E-state index contributed by atoms with van der Waals surface area (Å²) in [6.07, 6.45) is 8.70. The number of aliphatic carboxylic acids is 1. The second-order valence-corrected chi connectivity index (χ2v) is 4.30. The minimum Gasteiger partial charge on any atom is -0.480 e. The molecule has 19 heavy (non-hydrogen) atoms. The van der Waals surface area contributed by atoms with Gasteiger partial charge in [-0.2, -0.15) is 0 Å². The van der Waals surface area contributed by atoms with Crippen LogP contribution in [0.1, 0.15) is 51.9 Å². The van der Waals surface area contributed by atoms with Crippen LogP contribution in [0.3, 0.4) is 0 Å². The van der Waals surface area contributed by atoms with Gasteiger partial charge in [-0.05, 0) is 6.42 Å². The van der Waals surface area contributed by atoms with Crippen LogP contribution in [0.25, 0.3) is 0 Å². The van der Waals surface area contributed by atoms with Gasteiger partial charge in [0.05, 0.1) is 0 Å². The Balaban J connectivity index is 0. The Hall–Kier alpha value is -1.01. The van der Waals surface area contributed by atoms with Crippen molar-refractivity contribution in [2.45, 2.75) is 57.9 Å². The normalized spacial score (nSPS) is 10.9. The van der Waals surface area contributed by atoms with Crippen molar-refractivity contribution in [3.05, 3.63) is 12.7 Å². The number of carboxylic acid groups (broad SMARTS) is 1. The summed E-state index contributed by atoms with van der Waals surface area (Å²) in [5, 5.41) is 8.50. The first kappa shape index (κ1) is 20.3. The Morgan fingerprint density at radius 3 is 2.21 bits per heavy atom. The maximum absolute atomic E-state index is 10.3. The highest BCUT2D eigenvalue weighted by Crippen LogP contribution is 2.07. The van der Waals surface area contributed by atoms with E-state index in [2.05, 4.69) is 30.6 Å². The summed E-state index contributed by atoms with van der Waals surface area (Å²) >= 11 is 3.17. The first-order valence-electron chi connectivity index (χ1n) is 6.45. The zero-order valence-electron chi connectivity index (χ0n) is 11.5. The maximum Gasteiger partial charge on any atom is 0.341 e. The molecule has 0 aromatic heterocycles. The third-order valence-electron chi connectivity index (χ3n) is 2.44. The van der Waals surface area contributed by atoms with Crippen molar-refractivity contribution in [2.24, 2.45) is 5.73 Å². The Morgan fingerprint density at radius 1 is 1.32 bits per heavy atom. The number of hydrogen-bond donors (Lipinski definition) is 3. The van der Waals surface area contributed by atoms with Crippen molar-refractivity contribution < 1.29 is 18.9 Å². The molecule has 0 saturated carbocycles. The van der Waals surface area contributed by atoms with Crippen LogP contribution in [0.5, 0.6) is 0 Å². The fraction of sp³-hybridized carbons (Fsp3) is 0.692. The Bertz CT molecular complexity index is 259. The second-order valence-electron chi connectivity index (χ2n) is 4.12. The summed E-state index contributed by atoms with van der Waals surface area (Å²) in [6.45, 7) is 5.29. The van der Waals surface area contributed by atoms with Crippen LogP contribution in [0.2, 0.25) is 0 Å². The van der Waals surface area contributed by atoms with Gasteiger partial charge in [0.1, 0.15) is 6.04 Å². The Labute approximate surface area is 120 Å². The number of unbranched alkanes of at least 4 members (excludes halogenated alkanes) is 5. The monoisotopic (exact) mass is 291 g/mol. The zero-order chi connectivity index (χ0) is 15.1. The van der Waals surface area contributed by atoms with Crippen molar-refractivity contribution in [1.82, 2.24) is 0 Å². The molecule has 112 valence electrons. The van der Waals surface area contributed by atoms with Gasteiger partial charge in [0, 0.05) is 19.0 Å². The third-order valence-corrected chi connectivity index (χ3v) is 2.62. The van der Waals surface area contributed by atoms with E-state index in [1.54, 1.807) is 0 Å². The third kappa shape index (κ3) is 17.0. The van der Waals surface area contributed by atoms with E-state index in [0.29, 0.717) is 6.42 Å². The van der Waals surface area contributed by atoms with Crippen LogP contribution < -0.4 is 5.73 Å². The lowest BCUT2D eigenvalue weighted by molar-refractivity contribution is -0.138. The van der Waals surface area contributed by atoms with Crippen molar-refractivity contribution in [3.63, 3.8) is 0 Å². The minimum atomic E-state index is -0.881. The zero-order valence-corrected chi connectivity index (χ0v) is 12.4. The number of carbonyl (C=O) groups is 2. The van der Waals surface area contributed by atoms with E-state index in [-0.39, 0.29) is 0 Å². The average molecular weight is 291 g/mol. The van der Waals surface area contributed by atoms with Crippen LogP contribution in [-0.4, -0.2) is 23.1 Å². The summed E-state index contributed by atoms with van der Waals surface area (Å²) in [6, 6.07) is -0.661. The summed E-state index contributed by atoms with van der Waals surface area (Å²) in [7, 11) is 0. The predicted molar refractivity (Wildman–Crippen MR) is 78.9 cm³/mol. The van der Waals surface area contributed by atoms with Gasteiger partial charge in [0.15, 0.2) is 0 Å². The smallest absolute Gasteiger partial charge is 0.341 e. The van der Waals surface area contributed by atoms with E-state index in [1.807, 2.05) is 0 Å². The van der Waals surface area contributed by atoms with Gasteiger partial charge in [-0.15, -0.1) is 0 Å². The van der Waals surface area contributed by atoms with E-state index in [0.717, 1.165) is 18.9 Å². The predicted octanol–water partition coefficient (Wildman–Crippen LogP) is 2.71. The molecule has 6 heteroatoms. The molecule has 0 aliphatic heterocycles. The molecule has 5 nitrogen and oxygen atoms in total. The molecule has 0 rings (SSSR count). The number of thiol groups is 1. The summed E-state index contributed by atoms with van der Waals surface area (Å²) < 4.78 is 3.84. The molecule has 0 aliphatic rings. The van der Waals surface area contributed by atoms with Crippen LogP contribution in [0.15, 0.2) is 12.7 Å². The van der Waals surface area contributed by atoms with Gasteiger partial charge in [-0.3, -0.25) is 4.79 Å². The number of nitrogens with two attached hydrogens (primary N) is 1. The summed E-state index contributed by atoms with van der Waals surface area (Å²) in [5.74, 6) is -1.41. The Morgan fingerprint density at radius 2 is 1.84 bits per heavy atom. The fourth-order valence-electron chi connectivity index (χ4n) is 1.31. The molecule has 3 N–H and O–H groups in total. The lowest BCUT2D eigenvalue weighted by Crippen LogP contribution is -2.29. The van der Waals surface area contributed by atoms with E-state index in [4.69, 9.17) is 10.8 Å². The quantitative estimate of drug-likeness (QED) is 0.263. The maximum atomic E-state index is 10.3. The highest BCUT2D eigenvalue weighted by atomic mass is 32.1. The van der Waals surface area contributed by atoms with Gasteiger partial charge in [0.25, 0.3) is 0 Å². The molecule has 0 fully saturated rings. The van der Waals surface area contributed by atoms with E-state index in [1.165, 1.54) is 25.7 Å². The highest BCUT2D eigenvalue weighted by Gasteiger charge is 2.09. The van der Waals surface area contributed by atoms with Crippen LogP contribution in [0, 0.1) is 0 Å². The number of rotatable bonds is 9. The molecular formula is C13H25NO4S. The summed E-state index contributed by atoms with van der Waals surface area (Å²) in [4.78, 5) is 20.1.